The average molecular weight is 710 g/mol. The van der Waals surface area contributed by atoms with Gasteiger partial charge in [-0.1, -0.05) is 71.7 Å². The number of nitrogen functional groups attached to an aromatic ring is 1. The van der Waals surface area contributed by atoms with Gasteiger partial charge in [0.1, 0.15) is 10.0 Å². The van der Waals surface area contributed by atoms with Crippen molar-refractivity contribution in [2.45, 2.75) is 38.5 Å². The molecule has 0 fully saturated rings. The average Bonchev–Trinajstić information content (AvgIpc) is 3.09. The van der Waals surface area contributed by atoms with Gasteiger partial charge in [-0.15, -0.1) is 0 Å². The Bertz CT molecular complexity index is 2040. The summed E-state index contributed by atoms with van der Waals surface area (Å²) in [5.74, 6) is 1.62. The highest BCUT2D eigenvalue weighted by atomic mass is 35.5. The largest absolute Gasteiger partial charge is 0.399 e. The monoisotopic (exact) mass is 708 g/mol. The highest BCUT2D eigenvalue weighted by Gasteiger charge is 2.09. The van der Waals surface area contributed by atoms with Crippen molar-refractivity contribution in [1.29, 1.82) is 0 Å². The van der Waals surface area contributed by atoms with Crippen LogP contribution in [0.25, 0.3) is 0 Å². The lowest BCUT2D eigenvalue weighted by Gasteiger charge is -2.13. The number of hydrogen-bond donors (Lipinski definition) is 4. The van der Waals surface area contributed by atoms with Crippen LogP contribution in [-0.2, 0) is 25.7 Å². The Balaban J connectivity index is 0.000000170. The van der Waals surface area contributed by atoms with Crippen molar-refractivity contribution in [1.82, 2.24) is 19.9 Å². The Morgan fingerprint density at radius 1 is 0.673 bits per heavy atom. The summed E-state index contributed by atoms with van der Waals surface area (Å²) in [4.78, 5) is 16.7. The van der Waals surface area contributed by atoms with Crippen molar-refractivity contribution < 1.29 is 0 Å². The van der Waals surface area contributed by atoms with Crippen LogP contribution in [0.3, 0.4) is 0 Å². The summed E-state index contributed by atoms with van der Waals surface area (Å²) in [5.41, 5.74) is 14.6. The minimum Gasteiger partial charge on any atom is -0.399 e. The first-order valence-corrected chi connectivity index (χ1v) is 17.1. The van der Waals surface area contributed by atoms with Crippen LogP contribution in [0.2, 0.25) is 15.3 Å². The zero-order chi connectivity index (χ0) is 34.0. The third kappa shape index (κ3) is 10.1. The quantitative estimate of drug-likeness (QED) is 0.0998. The number of nitrogens with two attached hydrogens (primary N) is 1. The molecule has 1 aliphatic rings. The molecule has 0 amide bonds. The molecular formula is C38H35Cl3N8. The Morgan fingerprint density at radius 2 is 1.33 bits per heavy atom. The summed E-state index contributed by atoms with van der Waals surface area (Å²) in [7, 11) is 0. The second-order valence-electron chi connectivity index (χ2n) is 11.7. The number of rotatable bonds is 6. The molecule has 2 aromatic heterocycles. The molecule has 8 nitrogen and oxygen atoms in total. The maximum Gasteiger partial charge on any atom is 0.229 e. The first kappa shape index (κ1) is 34.0. The summed E-state index contributed by atoms with van der Waals surface area (Å²) >= 11 is 18.2. The fraction of sp³-hybridized carbons (Fsp3) is 0.158. The Kier molecular flexibility index (Phi) is 11.4. The molecule has 0 atom stereocenters. The van der Waals surface area contributed by atoms with Crippen molar-refractivity contribution in [2.24, 2.45) is 0 Å². The summed E-state index contributed by atoms with van der Waals surface area (Å²) in [6, 6.07) is 33.0. The van der Waals surface area contributed by atoms with Crippen LogP contribution in [0.4, 0.5) is 40.3 Å². The first-order chi connectivity index (χ1) is 23.9. The van der Waals surface area contributed by atoms with Crippen molar-refractivity contribution in [3.8, 4) is 0 Å². The molecule has 0 radical (unpaired) electrons. The van der Waals surface area contributed by atoms with Crippen LogP contribution in [0.5, 0.6) is 0 Å². The Morgan fingerprint density at radius 3 is 2.06 bits per heavy atom. The van der Waals surface area contributed by atoms with E-state index in [9.17, 15) is 0 Å². The molecule has 49 heavy (non-hydrogen) atoms. The van der Waals surface area contributed by atoms with E-state index in [1.165, 1.54) is 28.5 Å². The van der Waals surface area contributed by atoms with E-state index in [0.29, 0.717) is 27.6 Å². The van der Waals surface area contributed by atoms with E-state index in [1.807, 2.05) is 42.5 Å². The zero-order valence-corrected chi connectivity index (χ0v) is 28.9. The number of nitrogens with zero attached hydrogens (tertiary/aromatic N) is 4. The molecule has 1 aliphatic heterocycles. The third-order valence-electron chi connectivity index (χ3n) is 7.83. The number of fused-ring (bicyclic) bond motifs is 6. The Labute approximate surface area is 301 Å². The fourth-order valence-corrected chi connectivity index (χ4v) is 5.92. The molecule has 5 N–H and O–H groups in total. The summed E-state index contributed by atoms with van der Waals surface area (Å²) in [5, 5.41) is 10.8. The van der Waals surface area contributed by atoms with Crippen LogP contribution < -0.4 is 21.7 Å². The number of nitrogens with one attached hydrogen (secondary N) is 3. The summed E-state index contributed by atoms with van der Waals surface area (Å²) < 4.78 is 0. The lowest BCUT2D eigenvalue weighted by atomic mass is 10.0. The smallest absolute Gasteiger partial charge is 0.229 e. The third-order valence-corrected chi connectivity index (χ3v) is 8.57. The van der Waals surface area contributed by atoms with E-state index in [0.717, 1.165) is 61.3 Å². The van der Waals surface area contributed by atoms with Crippen LogP contribution in [0.1, 0.15) is 35.1 Å². The molecule has 6 bridgehead atoms. The predicted octanol–water partition coefficient (Wildman–Crippen LogP) is 10.4. The van der Waals surface area contributed by atoms with Gasteiger partial charge in [-0.25, -0.2) is 9.97 Å². The van der Waals surface area contributed by atoms with Gasteiger partial charge in [0.25, 0.3) is 0 Å². The number of benzene rings is 4. The molecule has 0 saturated heterocycles. The zero-order valence-electron chi connectivity index (χ0n) is 26.6. The molecular weight excluding hydrogens is 675 g/mol. The molecule has 11 heteroatoms. The van der Waals surface area contributed by atoms with Gasteiger partial charge < -0.3 is 21.7 Å². The van der Waals surface area contributed by atoms with E-state index in [-0.39, 0.29) is 5.28 Å². The predicted molar refractivity (Wildman–Crippen MR) is 203 cm³/mol. The fourth-order valence-electron chi connectivity index (χ4n) is 5.51. The summed E-state index contributed by atoms with van der Waals surface area (Å²) in [6.45, 7) is 0. The van der Waals surface area contributed by atoms with E-state index >= 15 is 0 Å². The second kappa shape index (κ2) is 16.5. The molecule has 0 unspecified atom stereocenters. The maximum absolute atomic E-state index is 6.24. The molecule has 0 saturated carbocycles. The van der Waals surface area contributed by atoms with Crippen LogP contribution in [0, 0.1) is 0 Å². The van der Waals surface area contributed by atoms with Gasteiger partial charge in [0.05, 0.1) is 12.4 Å². The highest BCUT2D eigenvalue weighted by Crippen LogP contribution is 2.27. The maximum atomic E-state index is 6.24. The molecule has 7 rings (SSSR count). The van der Waals surface area contributed by atoms with E-state index in [2.05, 4.69) is 90.5 Å². The number of anilines is 7. The first-order valence-electron chi connectivity index (χ1n) is 16.0. The molecule has 248 valence electrons. The molecule has 0 spiro atoms. The lowest BCUT2D eigenvalue weighted by Crippen LogP contribution is -2.03. The lowest BCUT2D eigenvalue weighted by molar-refractivity contribution is 0.821. The second-order valence-corrected chi connectivity index (χ2v) is 12.8. The number of hydrogen-bond acceptors (Lipinski definition) is 8. The molecule has 3 heterocycles. The van der Waals surface area contributed by atoms with Gasteiger partial charge in [0, 0.05) is 22.7 Å². The topological polar surface area (TPSA) is 114 Å². The van der Waals surface area contributed by atoms with Crippen molar-refractivity contribution >= 4 is 75.1 Å². The minimum atomic E-state index is 0.158. The van der Waals surface area contributed by atoms with Crippen molar-refractivity contribution in [2.75, 3.05) is 21.7 Å². The molecule has 4 aromatic carbocycles. The van der Waals surface area contributed by atoms with Crippen LogP contribution in [-0.4, -0.2) is 19.9 Å². The number of aryl methyl sites for hydroxylation is 4. The normalized spacial score (nSPS) is 12.0. The Hall–Kier alpha value is -4.89. The standard InChI is InChI=1S/C19H18Cl2N4.C19H17ClN4/c20-17-12-23-19(21)25-18(17)24-16-9-3-7-14(11-16)5-1-4-13-6-2-8-15(22)10-13;20-17-12-21-19-23-16-9-3-7-14(11-16)5-1-4-13-6-2-8-15(10-13)22-18(17)24-19/h2-3,6-12H,1,4-5,22H2,(H,23,24,25);2-3,6-12H,1,4-5H2,(H2,21,22,23,24). The van der Waals surface area contributed by atoms with Gasteiger partial charge in [-0.05, 0) is 121 Å². The van der Waals surface area contributed by atoms with E-state index in [1.54, 1.807) is 6.20 Å². The minimum absolute atomic E-state index is 0.158. The van der Waals surface area contributed by atoms with Gasteiger partial charge >= 0.3 is 0 Å². The van der Waals surface area contributed by atoms with E-state index in [4.69, 9.17) is 40.5 Å². The van der Waals surface area contributed by atoms with Gasteiger partial charge in [-0.3, -0.25) is 0 Å². The van der Waals surface area contributed by atoms with Gasteiger partial charge in [0.2, 0.25) is 11.2 Å². The van der Waals surface area contributed by atoms with Gasteiger partial charge in [0.15, 0.2) is 11.6 Å². The molecule has 6 aromatic rings. The number of aromatic nitrogens is 4. The van der Waals surface area contributed by atoms with Crippen LogP contribution >= 0.6 is 34.8 Å². The SMILES string of the molecule is Clc1cnc2nc1Nc1cccc(c1)CCCc1cccc(c1)N2.Nc1cccc(CCCc2cccc(Nc3nc(Cl)ncc3Cl)c2)c1. The van der Waals surface area contributed by atoms with Gasteiger partial charge in [-0.2, -0.15) is 9.97 Å². The van der Waals surface area contributed by atoms with Crippen LogP contribution in [0.15, 0.2) is 109 Å². The van der Waals surface area contributed by atoms with Crippen molar-refractivity contribution in [3.05, 3.63) is 147 Å². The van der Waals surface area contributed by atoms with Crippen molar-refractivity contribution in [3.63, 3.8) is 0 Å². The van der Waals surface area contributed by atoms with E-state index < -0.39 is 0 Å². The number of halogens is 3. The molecule has 0 aliphatic carbocycles. The summed E-state index contributed by atoms with van der Waals surface area (Å²) in [6.07, 6.45) is 9.30. The highest BCUT2D eigenvalue weighted by molar-refractivity contribution is 6.33.